The summed E-state index contributed by atoms with van der Waals surface area (Å²) in [6, 6.07) is 17.6. The third kappa shape index (κ3) is 4.53. The van der Waals surface area contributed by atoms with Gasteiger partial charge in [-0.2, -0.15) is 0 Å². The molecule has 1 heterocycles. The van der Waals surface area contributed by atoms with Crippen LogP contribution in [-0.4, -0.2) is 32.9 Å². The summed E-state index contributed by atoms with van der Waals surface area (Å²) >= 11 is 0. The second kappa shape index (κ2) is 8.82. The molecule has 1 aliphatic heterocycles. The Morgan fingerprint density at radius 1 is 1.03 bits per heavy atom. The molecule has 2 aromatic carbocycles. The maximum absolute atomic E-state index is 13.0. The van der Waals surface area contributed by atoms with Gasteiger partial charge in [-0.05, 0) is 25.0 Å². The van der Waals surface area contributed by atoms with Gasteiger partial charge in [0.2, 0.25) is 0 Å². The van der Waals surface area contributed by atoms with E-state index in [0.29, 0.717) is 11.3 Å². The van der Waals surface area contributed by atoms with Crippen molar-refractivity contribution in [3.05, 3.63) is 71.8 Å². The SMILES string of the molecule is CCOC(=O)C1=C(c2ccccc2)O[C@@H](CS(=O)(=O)c2ccccc2)[C@@H]1C(C)C. The molecule has 0 aliphatic carbocycles. The van der Waals surface area contributed by atoms with Crippen LogP contribution in [0.4, 0.5) is 0 Å². The zero-order chi connectivity index (χ0) is 21.0. The Kier molecular flexibility index (Phi) is 6.42. The lowest BCUT2D eigenvalue weighted by atomic mass is 9.84. The van der Waals surface area contributed by atoms with Crippen molar-refractivity contribution in [2.75, 3.05) is 12.4 Å². The number of sulfone groups is 1. The van der Waals surface area contributed by atoms with Crippen LogP contribution in [0.25, 0.3) is 5.76 Å². The summed E-state index contributed by atoms with van der Waals surface area (Å²) in [5.74, 6) is -0.644. The minimum Gasteiger partial charge on any atom is -0.487 e. The molecule has 0 unspecified atom stereocenters. The number of esters is 1. The van der Waals surface area contributed by atoms with Gasteiger partial charge in [0.05, 0.1) is 22.8 Å². The van der Waals surface area contributed by atoms with Crippen LogP contribution in [0.1, 0.15) is 26.3 Å². The first-order chi connectivity index (χ1) is 13.8. The zero-order valence-electron chi connectivity index (χ0n) is 16.9. The fraction of sp³-hybridized carbons (Fsp3) is 0.348. The van der Waals surface area contributed by atoms with Crippen LogP contribution in [0, 0.1) is 11.8 Å². The van der Waals surface area contributed by atoms with Crippen molar-refractivity contribution in [2.45, 2.75) is 31.8 Å². The molecular weight excluding hydrogens is 388 g/mol. The standard InChI is InChI=1S/C23H26O5S/c1-4-27-23(24)21-20(16(2)3)19(28-22(21)17-11-7-5-8-12-17)15-29(25,26)18-13-9-6-10-14-18/h5-14,16,19-20H,4,15H2,1-3H3/t19-,20-/m0/s1. The first kappa shape index (κ1) is 21.1. The van der Waals surface area contributed by atoms with Crippen LogP contribution in [0.3, 0.4) is 0 Å². The molecule has 0 fully saturated rings. The first-order valence-corrected chi connectivity index (χ1v) is 11.4. The highest BCUT2D eigenvalue weighted by Gasteiger charge is 2.45. The fourth-order valence-corrected chi connectivity index (χ4v) is 5.19. The van der Waals surface area contributed by atoms with Crippen LogP contribution in [0.15, 0.2) is 71.1 Å². The van der Waals surface area contributed by atoms with E-state index in [9.17, 15) is 13.2 Å². The number of carbonyl (C=O) groups is 1. The van der Waals surface area contributed by atoms with Gasteiger partial charge in [-0.15, -0.1) is 0 Å². The molecule has 0 amide bonds. The van der Waals surface area contributed by atoms with Gasteiger partial charge >= 0.3 is 5.97 Å². The van der Waals surface area contributed by atoms with E-state index in [1.54, 1.807) is 37.3 Å². The number of rotatable bonds is 7. The van der Waals surface area contributed by atoms with Gasteiger partial charge in [-0.1, -0.05) is 62.4 Å². The van der Waals surface area contributed by atoms with Gasteiger partial charge in [0.1, 0.15) is 11.9 Å². The summed E-state index contributed by atoms with van der Waals surface area (Å²) < 4.78 is 37.4. The van der Waals surface area contributed by atoms with Crippen LogP contribution in [-0.2, 0) is 24.1 Å². The van der Waals surface area contributed by atoms with Crippen molar-refractivity contribution in [1.82, 2.24) is 0 Å². The van der Waals surface area contributed by atoms with Crippen molar-refractivity contribution in [3.8, 4) is 0 Å². The van der Waals surface area contributed by atoms with Gasteiger partial charge in [-0.3, -0.25) is 0 Å². The van der Waals surface area contributed by atoms with E-state index in [1.807, 2.05) is 44.2 Å². The summed E-state index contributed by atoms with van der Waals surface area (Å²) in [5.41, 5.74) is 1.15. The molecule has 3 rings (SSSR count). The van der Waals surface area contributed by atoms with Crippen LogP contribution >= 0.6 is 0 Å². The van der Waals surface area contributed by atoms with E-state index in [1.165, 1.54) is 0 Å². The predicted molar refractivity (Wildman–Crippen MR) is 112 cm³/mol. The molecule has 2 aromatic rings. The van der Waals surface area contributed by atoms with Gasteiger partial charge in [0.25, 0.3) is 0 Å². The van der Waals surface area contributed by atoms with E-state index >= 15 is 0 Å². The maximum atomic E-state index is 13.0. The second-order valence-corrected chi connectivity index (χ2v) is 9.38. The topological polar surface area (TPSA) is 69.7 Å². The largest absolute Gasteiger partial charge is 0.487 e. The van der Waals surface area contributed by atoms with Crippen molar-refractivity contribution in [2.24, 2.45) is 11.8 Å². The van der Waals surface area contributed by atoms with Crippen LogP contribution in [0.5, 0.6) is 0 Å². The molecule has 0 radical (unpaired) electrons. The Labute approximate surface area is 172 Å². The number of carbonyl (C=O) groups excluding carboxylic acids is 1. The minimum absolute atomic E-state index is 0.00779. The number of hydrogen-bond donors (Lipinski definition) is 0. The Bertz CT molecular complexity index is 978. The van der Waals surface area contributed by atoms with Gasteiger partial charge in [-0.25, -0.2) is 13.2 Å². The molecule has 154 valence electrons. The van der Waals surface area contributed by atoms with E-state index in [0.717, 1.165) is 5.56 Å². The maximum Gasteiger partial charge on any atom is 0.338 e. The molecule has 2 atom stereocenters. The number of ether oxygens (including phenoxy) is 2. The average Bonchev–Trinajstić information content (AvgIpc) is 3.08. The molecule has 0 N–H and O–H groups in total. The molecule has 5 nitrogen and oxygen atoms in total. The molecule has 0 aromatic heterocycles. The fourth-order valence-electron chi connectivity index (χ4n) is 3.72. The van der Waals surface area contributed by atoms with E-state index in [-0.39, 0.29) is 29.1 Å². The molecule has 6 heteroatoms. The van der Waals surface area contributed by atoms with Crippen molar-refractivity contribution >= 4 is 21.6 Å². The molecular formula is C23H26O5S. The summed E-state index contributed by atoms with van der Waals surface area (Å²) in [5, 5.41) is 0. The Balaban J connectivity index is 2.02. The van der Waals surface area contributed by atoms with Crippen molar-refractivity contribution in [1.29, 1.82) is 0 Å². The Hall–Kier alpha value is -2.60. The Morgan fingerprint density at radius 2 is 1.62 bits per heavy atom. The molecule has 0 bridgehead atoms. The Morgan fingerprint density at radius 3 is 2.17 bits per heavy atom. The summed E-state index contributed by atoms with van der Waals surface area (Å²) in [6.07, 6.45) is -0.671. The predicted octanol–water partition coefficient (Wildman–Crippen LogP) is 4.11. The minimum atomic E-state index is -3.58. The third-order valence-electron chi connectivity index (χ3n) is 4.98. The molecule has 0 saturated heterocycles. The number of benzene rings is 2. The van der Waals surface area contributed by atoms with Crippen LogP contribution < -0.4 is 0 Å². The molecule has 29 heavy (non-hydrogen) atoms. The lowest BCUT2D eigenvalue weighted by Gasteiger charge is -2.24. The lowest BCUT2D eigenvalue weighted by Crippen LogP contribution is -2.33. The zero-order valence-corrected chi connectivity index (χ0v) is 17.7. The first-order valence-electron chi connectivity index (χ1n) is 9.76. The normalized spacial score (nSPS) is 19.3. The summed E-state index contributed by atoms with van der Waals surface area (Å²) in [4.78, 5) is 13.1. The highest BCUT2D eigenvalue weighted by Crippen LogP contribution is 2.42. The van der Waals surface area contributed by atoms with Gasteiger partial charge < -0.3 is 9.47 Å². The summed E-state index contributed by atoms with van der Waals surface area (Å²) in [6.45, 7) is 5.91. The lowest BCUT2D eigenvalue weighted by molar-refractivity contribution is -0.139. The second-order valence-electron chi connectivity index (χ2n) is 7.35. The molecule has 0 saturated carbocycles. The van der Waals surface area contributed by atoms with Gasteiger partial charge in [0.15, 0.2) is 9.84 Å². The van der Waals surface area contributed by atoms with Crippen molar-refractivity contribution < 1.29 is 22.7 Å². The molecule has 1 aliphatic rings. The smallest absolute Gasteiger partial charge is 0.338 e. The van der Waals surface area contributed by atoms with Gasteiger partial charge in [0, 0.05) is 11.5 Å². The average molecular weight is 415 g/mol. The summed E-state index contributed by atoms with van der Waals surface area (Å²) in [7, 11) is -3.58. The van der Waals surface area contributed by atoms with E-state index in [4.69, 9.17) is 9.47 Å². The van der Waals surface area contributed by atoms with Crippen LogP contribution in [0.2, 0.25) is 0 Å². The monoisotopic (exact) mass is 414 g/mol. The van der Waals surface area contributed by atoms with E-state index in [2.05, 4.69) is 0 Å². The highest BCUT2D eigenvalue weighted by molar-refractivity contribution is 7.91. The van der Waals surface area contributed by atoms with Crippen molar-refractivity contribution in [3.63, 3.8) is 0 Å². The molecule has 0 spiro atoms. The third-order valence-corrected chi connectivity index (χ3v) is 6.74. The van der Waals surface area contributed by atoms with E-state index < -0.39 is 21.9 Å². The number of hydrogen-bond acceptors (Lipinski definition) is 5. The quantitative estimate of drug-likeness (QED) is 0.638. The highest BCUT2D eigenvalue weighted by atomic mass is 32.2.